The molecule has 0 bridgehead atoms. The second-order valence-corrected chi connectivity index (χ2v) is 5.79. The molecule has 1 aromatic carbocycles. The number of carboxylic acids is 1. The van der Waals surface area contributed by atoms with Crippen LogP contribution in [-0.2, 0) is 9.59 Å². The van der Waals surface area contributed by atoms with Gasteiger partial charge in [0.2, 0.25) is 0 Å². The van der Waals surface area contributed by atoms with Crippen molar-refractivity contribution in [2.24, 2.45) is 0 Å². The minimum Gasteiger partial charge on any atom is -0.545 e. The highest BCUT2D eigenvalue weighted by Gasteiger charge is 2.28. The van der Waals surface area contributed by atoms with Gasteiger partial charge in [0.1, 0.15) is 5.57 Å². The molecule has 0 unspecified atom stereocenters. The molecule has 4 amide bonds. The molecule has 2 heterocycles. The van der Waals surface area contributed by atoms with Gasteiger partial charge in [0, 0.05) is 17.1 Å². The number of amides is 4. The van der Waals surface area contributed by atoms with Crippen LogP contribution in [0.15, 0.2) is 35.9 Å². The number of carbonyl (C=O) groups is 4. The number of carboxylic acid groups (broad SMARTS) is 1. The lowest BCUT2D eigenvalue weighted by atomic mass is 10.1. The van der Waals surface area contributed by atoms with Crippen molar-refractivity contribution in [1.29, 1.82) is 0 Å². The summed E-state index contributed by atoms with van der Waals surface area (Å²) in [5, 5.41) is 14.9. The van der Waals surface area contributed by atoms with E-state index in [0.717, 1.165) is 17.1 Å². The van der Waals surface area contributed by atoms with Crippen molar-refractivity contribution in [2.75, 3.05) is 0 Å². The van der Waals surface area contributed by atoms with Gasteiger partial charge in [-0.25, -0.2) is 4.79 Å². The fourth-order valence-corrected chi connectivity index (χ4v) is 2.84. The number of nitrogens with zero attached hydrogens (tertiary/aromatic N) is 1. The molecular formula is C18H14N3O5-. The lowest BCUT2D eigenvalue weighted by Gasteiger charge is -2.14. The summed E-state index contributed by atoms with van der Waals surface area (Å²) < 4.78 is 1.86. The Labute approximate surface area is 148 Å². The average molecular weight is 352 g/mol. The summed E-state index contributed by atoms with van der Waals surface area (Å²) >= 11 is 0. The van der Waals surface area contributed by atoms with Gasteiger partial charge in [-0.15, -0.1) is 0 Å². The van der Waals surface area contributed by atoms with E-state index in [0.29, 0.717) is 5.56 Å². The fourth-order valence-electron chi connectivity index (χ4n) is 2.84. The van der Waals surface area contributed by atoms with Crippen molar-refractivity contribution < 1.29 is 24.3 Å². The molecule has 26 heavy (non-hydrogen) atoms. The fraction of sp³-hybridized carbons (Fsp3) is 0.111. The number of hydrogen-bond acceptors (Lipinski definition) is 5. The van der Waals surface area contributed by atoms with Crippen LogP contribution in [0.2, 0.25) is 0 Å². The van der Waals surface area contributed by atoms with Gasteiger partial charge in [-0.05, 0) is 49.2 Å². The summed E-state index contributed by atoms with van der Waals surface area (Å²) in [6, 6.07) is 7.09. The lowest BCUT2D eigenvalue weighted by Crippen LogP contribution is -2.51. The van der Waals surface area contributed by atoms with Gasteiger partial charge < -0.3 is 14.5 Å². The van der Waals surface area contributed by atoms with E-state index in [2.05, 4.69) is 0 Å². The Hall–Kier alpha value is -3.68. The van der Waals surface area contributed by atoms with Crippen molar-refractivity contribution in [3.8, 4) is 5.69 Å². The minimum atomic E-state index is -1.26. The summed E-state index contributed by atoms with van der Waals surface area (Å²) in [6.45, 7) is 3.64. The summed E-state index contributed by atoms with van der Waals surface area (Å²) in [7, 11) is 0. The lowest BCUT2D eigenvalue weighted by molar-refractivity contribution is -0.255. The number of carbonyl (C=O) groups excluding carboxylic acids is 4. The molecule has 0 radical (unpaired) electrons. The first kappa shape index (κ1) is 17.2. The molecule has 132 valence electrons. The van der Waals surface area contributed by atoms with Gasteiger partial charge in [-0.3, -0.25) is 20.2 Å². The number of rotatable bonds is 3. The maximum absolute atomic E-state index is 11.9. The van der Waals surface area contributed by atoms with Gasteiger partial charge in [-0.1, -0.05) is 12.1 Å². The number of benzene rings is 1. The quantitative estimate of drug-likeness (QED) is 0.604. The smallest absolute Gasteiger partial charge is 0.328 e. The van der Waals surface area contributed by atoms with Crippen LogP contribution in [-0.4, -0.2) is 28.4 Å². The van der Waals surface area contributed by atoms with Crippen molar-refractivity contribution in [3.05, 3.63) is 58.4 Å². The molecule has 1 aliphatic rings. The van der Waals surface area contributed by atoms with Gasteiger partial charge in [0.05, 0.1) is 5.97 Å². The monoisotopic (exact) mass is 352 g/mol. The molecule has 0 aliphatic carbocycles. The van der Waals surface area contributed by atoms with Crippen LogP contribution in [0.4, 0.5) is 4.79 Å². The van der Waals surface area contributed by atoms with E-state index < -0.39 is 23.8 Å². The Morgan fingerprint density at radius 3 is 2.15 bits per heavy atom. The van der Waals surface area contributed by atoms with E-state index in [-0.39, 0.29) is 11.1 Å². The maximum atomic E-state index is 11.9. The highest BCUT2D eigenvalue weighted by Crippen LogP contribution is 2.23. The van der Waals surface area contributed by atoms with Gasteiger partial charge in [0.15, 0.2) is 0 Å². The molecule has 1 aromatic heterocycles. The van der Waals surface area contributed by atoms with Crippen LogP contribution < -0.4 is 15.7 Å². The summed E-state index contributed by atoms with van der Waals surface area (Å²) in [5.74, 6) is -2.78. The number of barbiturate groups is 1. The van der Waals surface area contributed by atoms with E-state index >= 15 is 0 Å². The summed E-state index contributed by atoms with van der Waals surface area (Å²) in [4.78, 5) is 45.7. The zero-order chi connectivity index (χ0) is 19.0. The second kappa shape index (κ2) is 6.32. The van der Waals surface area contributed by atoms with Gasteiger partial charge in [0.25, 0.3) is 11.8 Å². The SMILES string of the molecule is Cc1cc(C=C2C(=O)NC(=O)NC2=O)c(C)n1-c1ccc(C(=O)[O-])cc1. The van der Waals surface area contributed by atoms with Crippen LogP contribution >= 0.6 is 0 Å². The predicted molar refractivity (Wildman–Crippen MR) is 89.2 cm³/mol. The predicted octanol–water partition coefficient (Wildman–Crippen LogP) is 0.207. The molecule has 2 aromatic rings. The number of nitrogens with one attached hydrogen (secondary N) is 2. The molecular weight excluding hydrogens is 338 g/mol. The Morgan fingerprint density at radius 2 is 1.62 bits per heavy atom. The number of aryl methyl sites for hydroxylation is 1. The van der Waals surface area contributed by atoms with Crippen LogP contribution in [0.3, 0.4) is 0 Å². The molecule has 2 N–H and O–H groups in total. The highest BCUT2D eigenvalue weighted by atomic mass is 16.4. The summed E-state index contributed by atoms with van der Waals surface area (Å²) in [5.41, 5.74) is 2.82. The molecule has 3 rings (SSSR count). The first-order valence-corrected chi connectivity index (χ1v) is 7.67. The van der Waals surface area contributed by atoms with Crippen molar-refractivity contribution >= 4 is 29.9 Å². The number of aromatic carboxylic acids is 1. The summed E-state index contributed by atoms with van der Waals surface area (Å²) in [6.07, 6.45) is 1.41. The highest BCUT2D eigenvalue weighted by molar-refractivity contribution is 6.31. The number of imide groups is 2. The molecule has 8 heteroatoms. The zero-order valence-corrected chi connectivity index (χ0v) is 14.0. The standard InChI is InChI=1S/C18H15N3O5/c1-9-7-12(8-14-15(22)19-18(26)20-16(14)23)10(2)21(9)13-5-3-11(4-6-13)17(24)25/h3-8H,1-2H3,(H,24,25)(H2,19,20,22,23,26)/p-1. The number of aromatic nitrogens is 1. The van der Waals surface area contributed by atoms with Gasteiger partial charge >= 0.3 is 6.03 Å². The first-order chi connectivity index (χ1) is 12.3. The zero-order valence-electron chi connectivity index (χ0n) is 14.0. The van der Waals surface area contributed by atoms with E-state index in [1.165, 1.54) is 18.2 Å². The Bertz CT molecular complexity index is 961. The van der Waals surface area contributed by atoms with Crippen LogP contribution in [0.25, 0.3) is 11.8 Å². The van der Waals surface area contributed by atoms with Gasteiger partial charge in [-0.2, -0.15) is 0 Å². The molecule has 0 spiro atoms. The van der Waals surface area contributed by atoms with Crippen LogP contribution in [0, 0.1) is 13.8 Å². The third-order valence-corrected chi connectivity index (χ3v) is 4.07. The molecule has 1 aliphatic heterocycles. The largest absolute Gasteiger partial charge is 0.545 e. The Kier molecular flexibility index (Phi) is 4.17. The minimum absolute atomic E-state index is 0.0683. The normalized spacial score (nSPS) is 14.1. The second-order valence-electron chi connectivity index (χ2n) is 5.79. The first-order valence-electron chi connectivity index (χ1n) is 7.67. The van der Waals surface area contributed by atoms with Crippen LogP contribution in [0.5, 0.6) is 0 Å². The van der Waals surface area contributed by atoms with Crippen molar-refractivity contribution in [1.82, 2.24) is 15.2 Å². The van der Waals surface area contributed by atoms with E-state index in [1.54, 1.807) is 25.1 Å². The molecule has 1 fully saturated rings. The third-order valence-electron chi connectivity index (χ3n) is 4.07. The number of hydrogen-bond donors (Lipinski definition) is 2. The van der Waals surface area contributed by atoms with E-state index in [9.17, 15) is 24.3 Å². The van der Waals surface area contributed by atoms with Crippen molar-refractivity contribution in [3.63, 3.8) is 0 Å². The molecule has 0 atom stereocenters. The maximum Gasteiger partial charge on any atom is 0.328 e. The van der Waals surface area contributed by atoms with E-state index in [1.807, 2.05) is 22.1 Å². The average Bonchev–Trinajstić information content (AvgIpc) is 2.84. The van der Waals surface area contributed by atoms with Crippen molar-refractivity contribution in [2.45, 2.75) is 13.8 Å². The Morgan fingerprint density at radius 1 is 1.04 bits per heavy atom. The molecule has 1 saturated heterocycles. The number of urea groups is 1. The molecule has 8 nitrogen and oxygen atoms in total. The van der Waals surface area contributed by atoms with Crippen LogP contribution in [0.1, 0.15) is 27.3 Å². The Balaban J connectivity index is 2.02. The third kappa shape index (κ3) is 3.00. The topological polar surface area (TPSA) is 120 Å². The molecule has 0 saturated carbocycles. The van der Waals surface area contributed by atoms with E-state index in [4.69, 9.17) is 0 Å².